The lowest BCUT2D eigenvalue weighted by atomic mass is 10.1. The number of amides is 1. The van der Waals surface area contributed by atoms with Gasteiger partial charge in [0.1, 0.15) is 11.9 Å². The fourth-order valence-corrected chi connectivity index (χ4v) is 2.50. The van der Waals surface area contributed by atoms with Crippen molar-refractivity contribution < 1.29 is 19.1 Å². The van der Waals surface area contributed by atoms with Crippen molar-refractivity contribution >= 4 is 5.91 Å². The molecule has 0 saturated carbocycles. The van der Waals surface area contributed by atoms with Gasteiger partial charge in [-0.05, 0) is 38.3 Å². The zero-order valence-electron chi connectivity index (χ0n) is 11.9. The summed E-state index contributed by atoms with van der Waals surface area (Å²) in [5.41, 5.74) is 0. The molecule has 2 N–H and O–H groups in total. The number of hydrogen-bond acceptors (Lipinski definition) is 4. The molecule has 1 saturated heterocycles. The van der Waals surface area contributed by atoms with Crippen molar-refractivity contribution in [2.45, 2.75) is 57.3 Å². The standard InChI is InChI=1S/C15H23NO4/c1-11(10-13(17)14-5-3-9-20-14)16-15(18)7-6-12-4-2-8-19-12/h3,5,9,11-13,17H,2,4,6-8,10H2,1H3,(H,16,18). The van der Waals surface area contributed by atoms with Gasteiger partial charge in [-0.3, -0.25) is 4.79 Å². The summed E-state index contributed by atoms with van der Waals surface area (Å²) in [4.78, 5) is 11.8. The molecule has 3 atom stereocenters. The van der Waals surface area contributed by atoms with E-state index in [2.05, 4.69) is 5.32 Å². The lowest BCUT2D eigenvalue weighted by Crippen LogP contribution is -2.34. The average molecular weight is 281 g/mol. The van der Waals surface area contributed by atoms with Gasteiger partial charge in [0.05, 0.1) is 12.4 Å². The Labute approximate surface area is 119 Å². The molecule has 0 aliphatic carbocycles. The summed E-state index contributed by atoms with van der Waals surface area (Å²) in [7, 11) is 0. The van der Waals surface area contributed by atoms with Crippen molar-refractivity contribution in [1.29, 1.82) is 0 Å². The Morgan fingerprint density at radius 2 is 2.45 bits per heavy atom. The van der Waals surface area contributed by atoms with Gasteiger partial charge in [0.25, 0.3) is 0 Å². The van der Waals surface area contributed by atoms with Gasteiger partial charge in [-0.15, -0.1) is 0 Å². The van der Waals surface area contributed by atoms with Crippen LogP contribution in [0.4, 0.5) is 0 Å². The summed E-state index contributed by atoms with van der Waals surface area (Å²) in [5.74, 6) is 0.546. The molecule has 3 unspecified atom stereocenters. The highest BCUT2D eigenvalue weighted by atomic mass is 16.5. The highest BCUT2D eigenvalue weighted by molar-refractivity contribution is 5.76. The third-order valence-electron chi connectivity index (χ3n) is 3.57. The molecule has 1 fully saturated rings. The monoisotopic (exact) mass is 281 g/mol. The number of hydrogen-bond donors (Lipinski definition) is 2. The summed E-state index contributed by atoms with van der Waals surface area (Å²) in [6, 6.07) is 3.38. The Hall–Kier alpha value is -1.33. The predicted molar refractivity (Wildman–Crippen MR) is 74.1 cm³/mol. The highest BCUT2D eigenvalue weighted by Crippen LogP contribution is 2.19. The van der Waals surface area contributed by atoms with Gasteiger partial charge in [0.2, 0.25) is 5.91 Å². The zero-order valence-corrected chi connectivity index (χ0v) is 11.9. The summed E-state index contributed by atoms with van der Waals surface area (Å²) in [5, 5.41) is 12.8. The van der Waals surface area contributed by atoms with E-state index < -0.39 is 6.10 Å². The maximum Gasteiger partial charge on any atom is 0.220 e. The molecule has 2 heterocycles. The van der Waals surface area contributed by atoms with Crippen LogP contribution in [-0.4, -0.2) is 29.8 Å². The Balaban J connectivity index is 1.65. The number of nitrogens with one attached hydrogen (secondary N) is 1. The molecule has 1 aromatic rings. The lowest BCUT2D eigenvalue weighted by molar-refractivity contribution is -0.122. The van der Waals surface area contributed by atoms with Gasteiger partial charge in [0.15, 0.2) is 0 Å². The van der Waals surface area contributed by atoms with E-state index in [-0.39, 0.29) is 18.1 Å². The molecule has 5 nitrogen and oxygen atoms in total. The molecule has 20 heavy (non-hydrogen) atoms. The van der Waals surface area contributed by atoms with Crippen LogP contribution >= 0.6 is 0 Å². The second-order valence-corrected chi connectivity index (χ2v) is 5.41. The number of ether oxygens (including phenoxy) is 1. The van der Waals surface area contributed by atoms with Crippen LogP contribution in [0.15, 0.2) is 22.8 Å². The van der Waals surface area contributed by atoms with Gasteiger partial charge in [0, 0.05) is 25.5 Å². The number of furan rings is 1. The summed E-state index contributed by atoms with van der Waals surface area (Å²) >= 11 is 0. The maximum absolute atomic E-state index is 11.8. The van der Waals surface area contributed by atoms with E-state index in [4.69, 9.17) is 9.15 Å². The predicted octanol–water partition coefficient (Wildman–Crippen LogP) is 2.17. The van der Waals surface area contributed by atoms with Gasteiger partial charge >= 0.3 is 0 Å². The van der Waals surface area contributed by atoms with Crippen LogP contribution in [-0.2, 0) is 9.53 Å². The SMILES string of the molecule is CC(CC(O)c1ccco1)NC(=O)CCC1CCCO1. The molecule has 112 valence electrons. The van der Waals surface area contributed by atoms with Crippen molar-refractivity contribution in [1.82, 2.24) is 5.32 Å². The lowest BCUT2D eigenvalue weighted by Gasteiger charge is -2.17. The van der Waals surface area contributed by atoms with E-state index in [0.29, 0.717) is 18.6 Å². The molecular weight excluding hydrogens is 258 g/mol. The van der Waals surface area contributed by atoms with Gasteiger partial charge in [-0.25, -0.2) is 0 Å². The minimum Gasteiger partial charge on any atom is -0.467 e. The number of carbonyl (C=O) groups excluding carboxylic acids is 1. The first-order valence-electron chi connectivity index (χ1n) is 7.27. The minimum absolute atomic E-state index is 0.0136. The Kier molecular flexibility index (Phi) is 5.61. The van der Waals surface area contributed by atoms with E-state index in [0.717, 1.165) is 25.9 Å². The molecule has 0 radical (unpaired) electrons. The summed E-state index contributed by atoms with van der Waals surface area (Å²) < 4.78 is 10.6. The van der Waals surface area contributed by atoms with Crippen LogP contribution in [0.25, 0.3) is 0 Å². The average Bonchev–Trinajstić information content (AvgIpc) is 3.09. The van der Waals surface area contributed by atoms with Gasteiger partial charge in [-0.1, -0.05) is 0 Å². The van der Waals surface area contributed by atoms with E-state index in [1.807, 2.05) is 6.92 Å². The second kappa shape index (κ2) is 7.45. The van der Waals surface area contributed by atoms with Crippen LogP contribution in [0, 0.1) is 0 Å². The molecule has 0 bridgehead atoms. The van der Waals surface area contributed by atoms with Crippen LogP contribution in [0.5, 0.6) is 0 Å². The van der Waals surface area contributed by atoms with E-state index in [9.17, 15) is 9.90 Å². The number of carbonyl (C=O) groups is 1. The topological polar surface area (TPSA) is 71.7 Å². The maximum atomic E-state index is 11.8. The Morgan fingerprint density at radius 1 is 1.60 bits per heavy atom. The molecule has 1 aromatic heterocycles. The third-order valence-corrected chi connectivity index (χ3v) is 3.57. The van der Waals surface area contributed by atoms with Gasteiger partial charge < -0.3 is 19.6 Å². The van der Waals surface area contributed by atoms with Crippen molar-refractivity contribution in [3.8, 4) is 0 Å². The van der Waals surface area contributed by atoms with Crippen molar-refractivity contribution in [3.05, 3.63) is 24.2 Å². The minimum atomic E-state index is -0.682. The van der Waals surface area contributed by atoms with Crippen molar-refractivity contribution in [2.75, 3.05) is 6.61 Å². The molecule has 0 spiro atoms. The van der Waals surface area contributed by atoms with Crippen LogP contribution in [0.3, 0.4) is 0 Å². The zero-order chi connectivity index (χ0) is 14.4. The quantitative estimate of drug-likeness (QED) is 0.803. The van der Waals surface area contributed by atoms with E-state index in [1.54, 1.807) is 12.1 Å². The van der Waals surface area contributed by atoms with Crippen molar-refractivity contribution in [3.63, 3.8) is 0 Å². The van der Waals surface area contributed by atoms with Gasteiger partial charge in [-0.2, -0.15) is 0 Å². The highest BCUT2D eigenvalue weighted by Gasteiger charge is 2.19. The summed E-state index contributed by atoms with van der Waals surface area (Å²) in [6.45, 7) is 2.70. The van der Waals surface area contributed by atoms with Crippen molar-refractivity contribution in [2.24, 2.45) is 0 Å². The number of aliphatic hydroxyl groups is 1. The fraction of sp³-hybridized carbons (Fsp3) is 0.667. The fourth-order valence-electron chi connectivity index (χ4n) is 2.50. The smallest absolute Gasteiger partial charge is 0.220 e. The first-order valence-corrected chi connectivity index (χ1v) is 7.27. The second-order valence-electron chi connectivity index (χ2n) is 5.41. The summed E-state index contributed by atoms with van der Waals surface area (Å²) in [6.07, 6.45) is 4.94. The molecule has 1 aliphatic rings. The largest absolute Gasteiger partial charge is 0.467 e. The Bertz CT molecular complexity index is 398. The number of rotatable bonds is 7. The molecule has 1 amide bonds. The molecule has 5 heteroatoms. The van der Waals surface area contributed by atoms with E-state index in [1.165, 1.54) is 6.26 Å². The van der Waals surface area contributed by atoms with Crippen LogP contribution < -0.4 is 5.32 Å². The number of aliphatic hydroxyl groups excluding tert-OH is 1. The normalized spacial score (nSPS) is 21.6. The van der Waals surface area contributed by atoms with Crippen LogP contribution in [0.2, 0.25) is 0 Å². The van der Waals surface area contributed by atoms with Crippen LogP contribution in [0.1, 0.15) is 50.9 Å². The first kappa shape index (κ1) is 15.1. The first-order chi connectivity index (χ1) is 9.65. The molecular formula is C15H23NO4. The Morgan fingerprint density at radius 3 is 3.10 bits per heavy atom. The molecule has 0 aromatic carbocycles. The van der Waals surface area contributed by atoms with E-state index >= 15 is 0 Å². The molecule has 1 aliphatic heterocycles. The third kappa shape index (κ3) is 4.65. The molecule has 2 rings (SSSR count).